The fourth-order valence-electron chi connectivity index (χ4n) is 3.19. The number of para-hydroxylation sites is 1. The fraction of sp³-hybridized carbons (Fsp3) is 0.389. The van der Waals surface area contributed by atoms with Crippen molar-refractivity contribution in [2.24, 2.45) is 0 Å². The van der Waals surface area contributed by atoms with E-state index >= 15 is 0 Å². The Bertz CT molecular complexity index is 1120. The SMILES string of the molecule is CCn1c(=O)c2cnc3c(OC)cccc3c2n(CCCC(F)(F)F)c1=O. The van der Waals surface area contributed by atoms with Gasteiger partial charge in [-0.1, -0.05) is 12.1 Å². The molecule has 0 fully saturated rings. The summed E-state index contributed by atoms with van der Waals surface area (Å²) in [5.74, 6) is 0.448. The van der Waals surface area contributed by atoms with Gasteiger partial charge in [-0.3, -0.25) is 18.9 Å². The predicted molar refractivity (Wildman–Crippen MR) is 95.3 cm³/mol. The quantitative estimate of drug-likeness (QED) is 0.637. The lowest BCUT2D eigenvalue weighted by atomic mass is 10.1. The lowest BCUT2D eigenvalue weighted by Crippen LogP contribution is -2.40. The number of hydrogen-bond donors (Lipinski definition) is 0. The molecule has 0 radical (unpaired) electrons. The van der Waals surface area contributed by atoms with Gasteiger partial charge in [0.05, 0.1) is 18.0 Å². The van der Waals surface area contributed by atoms with Crippen LogP contribution < -0.4 is 16.0 Å². The first-order valence-electron chi connectivity index (χ1n) is 8.44. The average molecular weight is 381 g/mol. The number of pyridine rings is 1. The van der Waals surface area contributed by atoms with E-state index < -0.39 is 23.8 Å². The van der Waals surface area contributed by atoms with Gasteiger partial charge in [0, 0.05) is 31.1 Å². The Morgan fingerprint density at radius 1 is 1.15 bits per heavy atom. The van der Waals surface area contributed by atoms with Gasteiger partial charge < -0.3 is 4.74 Å². The van der Waals surface area contributed by atoms with Gasteiger partial charge in [-0.2, -0.15) is 13.2 Å². The van der Waals surface area contributed by atoms with E-state index in [-0.39, 0.29) is 30.4 Å². The first kappa shape index (κ1) is 18.9. The highest BCUT2D eigenvalue weighted by Gasteiger charge is 2.26. The molecule has 0 aliphatic rings. The van der Waals surface area contributed by atoms with E-state index in [0.717, 1.165) is 4.57 Å². The third kappa shape index (κ3) is 3.41. The van der Waals surface area contributed by atoms with Gasteiger partial charge >= 0.3 is 11.9 Å². The Labute approximate surface area is 151 Å². The second kappa shape index (κ2) is 7.05. The summed E-state index contributed by atoms with van der Waals surface area (Å²) >= 11 is 0. The van der Waals surface area contributed by atoms with Gasteiger partial charge in [0.15, 0.2) is 0 Å². The summed E-state index contributed by atoms with van der Waals surface area (Å²) in [7, 11) is 1.46. The second-order valence-electron chi connectivity index (χ2n) is 6.08. The van der Waals surface area contributed by atoms with Crippen LogP contribution in [0.15, 0.2) is 34.0 Å². The molecule has 0 atom stereocenters. The van der Waals surface area contributed by atoms with Gasteiger partial charge in [0.1, 0.15) is 11.3 Å². The van der Waals surface area contributed by atoms with E-state index in [2.05, 4.69) is 4.98 Å². The summed E-state index contributed by atoms with van der Waals surface area (Å²) < 4.78 is 45.2. The third-order valence-electron chi connectivity index (χ3n) is 4.42. The molecule has 3 aromatic rings. The van der Waals surface area contributed by atoms with Gasteiger partial charge in [-0.15, -0.1) is 0 Å². The largest absolute Gasteiger partial charge is 0.494 e. The van der Waals surface area contributed by atoms with E-state index in [4.69, 9.17) is 4.74 Å². The molecule has 9 heteroatoms. The maximum absolute atomic E-state index is 12.8. The van der Waals surface area contributed by atoms with E-state index in [1.807, 2.05) is 0 Å². The number of aromatic nitrogens is 3. The Morgan fingerprint density at radius 3 is 2.52 bits per heavy atom. The van der Waals surface area contributed by atoms with E-state index in [9.17, 15) is 22.8 Å². The van der Waals surface area contributed by atoms with Gasteiger partial charge in [-0.25, -0.2) is 4.79 Å². The van der Waals surface area contributed by atoms with Gasteiger partial charge in [0.25, 0.3) is 5.56 Å². The molecule has 27 heavy (non-hydrogen) atoms. The number of ether oxygens (including phenoxy) is 1. The first-order valence-corrected chi connectivity index (χ1v) is 8.44. The molecule has 2 heterocycles. The Kier molecular flexibility index (Phi) is 4.95. The average Bonchev–Trinajstić information content (AvgIpc) is 2.62. The van der Waals surface area contributed by atoms with Crippen LogP contribution in [0.5, 0.6) is 5.75 Å². The van der Waals surface area contributed by atoms with Crippen molar-refractivity contribution in [3.05, 3.63) is 45.2 Å². The van der Waals surface area contributed by atoms with Crippen molar-refractivity contribution in [1.29, 1.82) is 0 Å². The van der Waals surface area contributed by atoms with Gasteiger partial charge in [-0.05, 0) is 19.4 Å². The zero-order valence-electron chi connectivity index (χ0n) is 14.8. The maximum Gasteiger partial charge on any atom is 0.389 e. The van der Waals surface area contributed by atoms with Crippen molar-refractivity contribution in [2.75, 3.05) is 7.11 Å². The summed E-state index contributed by atoms with van der Waals surface area (Å²) in [4.78, 5) is 29.7. The highest BCUT2D eigenvalue weighted by atomic mass is 19.4. The molecule has 0 spiro atoms. The molecule has 0 aliphatic heterocycles. The minimum atomic E-state index is -4.31. The highest BCUT2D eigenvalue weighted by molar-refractivity contribution is 6.04. The zero-order chi connectivity index (χ0) is 19.8. The lowest BCUT2D eigenvalue weighted by molar-refractivity contribution is -0.135. The number of methoxy groups -OCH3 is 1. The number of fused-ring (bicyclic) bond motifs is 3. The molecule has 0 bridgehead atoms. The standard InChI is InChI=1S/C18H18F3N3O3/c1-3-23-16(25)12-10-22-14-11(6-4-7-13(14)27-2)15(12)24(17(23)26)9-5-8-18(19,20)21/h4,6-7,10H,3,5,8-9H2,1-2H3. The van der Waals surface area contributed by atoms with Crippen molar-refractivity contribution in [2.45, 2.75) is 39.0 Å². The molecule has 6 nitrogen and oxygen atoms in total. The summed E-state index contributed by atoms with van der Waals surface area (Å²) in [6.45, 7) is 1.58. The van der Waals surface area contributed by atoms with E-state index in [0.29, 0.717) is 16.7 Å². The molecule has 0 amide bonds. The van der Waals surface area contributed by atoms with Crippen molar-refractivity contribution in [3.8, 4) is 5.75 Å². The molecule has 0 saturated carbocycles. The summed E-state index contributed by atoms with van der Waals surface area (Å²) in [6, 6.07) is 5.03. The highest BCUT2D eigenvalue weighted by Crippen LogP contribution is 2.28. The monoisotopic (exact) mass is 381 g/mol. The van der Waals surface area contributed by atoms with Crippen LogP contribution >= 0.6 is 0 Å². The van der Waals surface area contributed by atoms with Crippen LogP contribution in [0.4, 0.5) is 13.2 Å². The number of aryl methyl sites for hydroxylation is 1. The molecule has 0 unspecified atom stereocenters. The van der Waals surface area contributed by atoms with E-state index in [1.54, 1.807) is 25.1 Å². The van der Waals surface area contributed by atoms with Crippen LogP contribution in [-0.2, 0) is 13.1 Å². The van der Waals surface area contributed by atoms with Gasteiger partial charge in [0.2, 0.25) is 0 Å². The van der Waals surface area contributed by atoms with Crippen LogP contribution in [0.3, 0.4) is 0 Å². The topological polar surface area (TPSA) is 66.1 Å². The molecule has 144 valence electrons. The van der Waals surface area contributed by atoms with E-state index in [1.165, 1.54) is 17.9 Å². The molecular formula is C18H18F3N3O3. The zero-order valence-corrected chi connectivity index (χ0v) is 14.8. The molecule has 2 aromatic heterocycles. The number of alkyl halides is 3. The molecule has 0 aliphatic carbocycles. The normalized spacial score (nSPS) is 12.0. The summed E-state index contributed by atoms with van der Waals surface area (Å²) in [6.07, 6.45) is -4.26. The second-order valence-corrected chi connectivity index (χ2v) is 6.08. The number of rotatable bonds is 5. The molecular weight excluding hydrogens is 363 g/mol. The van der Waals surface area contributed by atoms with Crippen molar-refractivity contribution >= 4 is 21.8 Å². The number of halogens is 3. The smallest absolute Gasteiger partial charge is 0.389 e. The minimum Gasteiger partial charge on any atom is -0.494 e. The number of hydrogen-bond acceptors (Lipinski definition) is 4. The summed E-state index contributed by atoms with van der Waals surface area (Å²) in [5, 5.41) is 0.667. The lowest BCUT2D eigenvalue weighted by Gasteiger charge is -2.16. The molecule has 0 saturated heterocycles. The Balaban J connectivity index is 2.34. The molecule has 1 aromatic carbocycles. The van der Waals surface area contributed by atoms with Crippen LogP contribution in [0.2, 0.25) is 0 Å². The Hall–Kier alpha value is -2.84. The Morgan fingerprint density at radius 2 is 1.89 bits per heavy atom. The number of nitrogens with zero attached hydrogens (tertiary/aromatic N) is 3. The van der Waals surface area contributed by atoms with Crippen LogP contribution in [0, 0.1) is 0 Å². The van der Waals surface area contributed by atoms with Crippen molar-refractivity contribution < 1.29 is 17.9 Å². The van der Waals surface area contributed by atoms with Crippen LogP contribution in [0.25, 0.3) is 21.8 Å². The minimum absolute atomic E-state index is 0.114. The van der Waals surface area contributed by atoms with Crippen LogP contribution in [-0.4, -0.2) is 27.4 Å². The molecule has 0 N–H and O–H groups in total. The third-order valence-corrected chi connectivity index (χ3v) is 4.42. The van der Waals surface area contributed by atoms with Crippen LogP contribution in [0.1, 0.15) is 19.8 Å². The van der Waals surface area contributed by atoms with Crippen molar-refractivity contribution in [1.82, 2.24) is 14.1 Å². The first-order chi connectivity index (χ1) is 12.8. The summed E-state index contributed by atoms with van der Waals surface area (Å²) in [5.41, 5.74) is -0.430. The maximum atomic E-state index is 12.8. The number of benzene rings is 1. The van der Waals surface area contributed by atoms with Crippen molar-refractivity contribution in [3.63, 3.8) is 0 Å². The molecule has 3 rings (SSSR count). The predicted octanol–water partition coefficient (Wildman–Crippen LogP) is 3.08. The fourth-order valence-corrected chi connectivity index (χ4v) is 3.19.